The predicted molar refractivity (Wildman–Crippen MR) is 93.8 cm³/mol. The van der Waals surface area contributed by atoms with E-state index in [1.54, 1.807) is 17.6 Å². The molecule has 3 aromatic rings. The van der Waals surface area contributed by atoms with E-state index >= 15 is 0 Å². The summed E-state index contributed by atoms with van der Waals surface area (Å²) in [5.41, 5.74) is 8.76. The second-order valence-corrected chi connectivity index (χ2v) is 6.80. The monoisotopic (exact) mass is 328 g/mol. The summed E-state index contributed by atoms with van der Waals surface area (Å²) in [6.07, 6.45) is 2.41. The van der Waals surface area contributed by atoms with Crippen LogP contribution in [0, 0.1) is 5.92 Å². The Morgan fingerprint density at radius 2 is 2.17 bits per heavy atom. The number of rotatable bonds is 6. The minimum absolute atomic E-state index is 0.476. The maximum absolute atomic E-state index is 6.09. The molecule has 23 heavy (non-hydrogen) atoms. The zero-order chi connectivity index (χ0) is 16.2. The van der Waals surface area contributed by atoms with Crippen LogP contribution in [0.2, 0.25) is 0 Å². The first kappa shape index (κ1) is 15.6. The Morgan fingerprint density at radius 1 is 1.30 bits per heavy atom. The summed E-state index contributed by atoms with van der Waals surface area (Å²) in [6, 6.07) is 9.72. The molecule has 0 fully saturated rings. The zero-order valence-corrected chi connectivity index (χ0v) is 14.1. The number of ether oxygens (including phenoxy) is 1. The van der Waals surface area contributed by atoms with Gasteiger partial charge >= 0.3 is 0 Å². The first-order chi connectivity index (χ1) is 11.1. The van der Waals surface area contributed by atoms with Crippen LogP contribution in [0.5, 0.6) is 5.75 Å². The number of benzene rings is 1. The minimum atomic E-state index is 0.476. The van der Waals surface area contributed by atoms with Gasteiger partial charge in [0.05, 0.1) is 23.6 Å². The van der Waals surface area contributed by atoms with Crippen molar-refractivity contribution >= 4 is 17.0 Å². The number of nitrogens with zero attached hydrogens (tertiary/aromatic N) is 1. The van der Waals surface area contributed by atoms with E-state index in [0.29, 0.717) is 18.2 Å². The molecular formula is C18H20N2O2S. The van der Waals surface area contributed by atoms with Gasteiger partial charge in [-0.25, -0.2) is 4.98 Å². The highest BCUT2D eigenvalue weighted by Gasteiger charge is 2.09. The van der Waals surface area contributed by atoms with Gasteiger partial charge in [0.25, 0.3) is 0 Å². The summed E-state index contributed by atoms with van der Waals surface area (Å²) in [6.45, 7) is 4.90. The van der Waals surface area contributed by atoms with E-state index < -0.39 is 0 Å². The van der Waals surface area contributed by atoms with Crippen LogP contribution in [0.25, 0.3) is 11.5 Å². The fraction of sp³-hybridized carbons (Fsp3) is 0.278. The van der Waals surface area contributed by atoms with E-state index in [1.807, 2.05) is 35.7 Å². The molecule has 120 valence electrons. The molecule has 2 N–H and O–H groups in total. The summed E-state index contributed by atoms with van der Waals surface area (Å²) < 4.78 is 11.1. The van der Waals surface area contributed by atoms with Gasteiger partial charge in [0, 0.05) is 11.8 Å². The van der Waals surface area contributed by atoms with Crippen LogP contribution in [0.15, 0.2) is 46.4 Å². The van der Waals surface area contributed by atoms with Crippen LogP contribution in [0.3, 0.4) is 0 Å². The highest BCUT2D eigenvalue weighted by atomic mass is 32.1. The van der Waals surface area contributed by atoms with E-state index in [9.17, 15) is 0 Å². The fourth-order valence-electron chi connectivity index (χ4n) is 2.20. The van der Waals surface area contributed by atoms with Crippen molar-refractivity contribution < 1.29 is 9.15 Å². The molecule has 5 heteroatoms. The van der Waals surface area contributed by atoms with Crippen molar-refractivity contribution in [3.63, 3.8) is 0 Å². The number of thiazole rings is 1. The van der Waals surface area contributed by atoms with Crippen molar-refractivity contribution in [2.24, 2.45) is 5.92 Å². The second-order valence-electron chi connectivity index (χ2n) is 5.86. The summed E-state index contributed by atoms with van der Waals surface area (Å²) in [7, 11) is 0. The van der Waals surface area contributed by atoms with Gasteiger partial charge in [-0.2, -0.15) is 0 Å². The van der Waals surface area contributed by atoms with Crippen molar-refractivity contribution in [2.45, 2.75) is 20.3 Å². The summed E-state index contributed by atoms with van der Waals surface area (Å²) >= 11 is 1.62. The first-order valence-corrected chi connectivity index (χ1v) is 8.49. The Morgan fingerprint density at radius 3 is 2.87 bits per heavy atom. The second kappa shape index (κ2) is 6.87. The molecule has 0 atom stereocenters. The number of furan rings is 1. The van der Waals surface area contributed by atoms with E-state index in [4.69, 9.17) is 14.9 Å². The van der Waals surface area contributed by atoms with Crippen molar-refractivity contribution in [1.82, 2.24) is 4.98 Å². The Bertz CT molecular complexity index is 763. The van der Waals surface area contributed by atoms with Crippen LogP contribution in [0.4, 0.5) is 5.69 Å². The quantitative estimate of drug-likeness (QED) is 0.671. The average molecular weight is 328 g/mol. The van der Waals surface area contributed by atoms with Crippen molar-refractivity contribution in [1.29, 1.82) is 0 Å². The molecule has 0 amide bonds. The van der Waals surface area contributed by atoms with Crippen LogP contribution >= 0.6 is 11.3 Å². The lowest BCUT2D eigenvalue weighted by Crippen LogP contribution is -2.06. The average Bonchev–Trinajstić information content (AvgIpc) is 3.17. The van der Waals surface area contributed by atoms with Gasteiger partial charge in [-0.15, -0.1) is 11.3 Å². The number of hydrogen-bond acceptors (Lipinski definition) is 5. The third kappa shape index (κ3) is 3.93. The summed E-state index contributed by atoms with van der Waals surface area (Å²) in [4.78, 5) is 4.61. The van der Waals surface area contributed by atoms with Crippen molar-refractivity contribution in [2.75, 3.05) is 12.3 Å². The first-order valence-electron chi connectivity index (χ1n) is 7.61. The largest absolute Gasteiger partial charge is 0.491 e. The molecule has 1 aromatic carbocycles. The van der Waals surface area contributed by atoms with E-state index in [0.717, 1.165) is 34.2 Å². The molecule has 2 aromatic heterocycles. The Balaban J connectivity index is 1.69. The van der Waals surface area contributed by atoms with Gasteiger partial charge in [0.2, 0.25) is 0 Å². The minimum Gasteiger partial charge on any atom is -0.491 e. The van der Waals surface area contributed by atoms with Crippen LogP contribution in [-0.2, 0) is 6.42 Å². The smallest absolute Gasteiger partial charge is 0.153 e. The molecule has 3 rings (SSSR count). The highest BCUT2D eigenvalue weighted by Crippen LogP contribution is 2.27. The maximum atomic E-state index is 6.09. The standard InChI is InChI=1S/C18H20N2O2S/c1-12(2)10-22-16-6-5-13(8-14(16)19)9-18-20-15(11-23-18)17-4-3-7-21-17/h3-8,11-12H,9-10,19H2,1-2H3. The fourth-order valence-corrected chi connectivity index (χ4v) is 3.02. The number of hydrogen-bond donors (Lipinski definition) is 1. The zero-order valence-electron chi connectivity index (χ0n) is 13.3. The Labute approximate surface area is 139 Å². The maximum Gasteiger partial charge on any atom is 0.153 e. The van der Waals surface area contributed by atoms with Crippen molar-refractivity contribution in [3.05, 3.63) is 52.5 Å². The van der Waals surface area contributed by atoms with E-state index in [1.165, 1.54) is 0 Å². The van der Waals surface area contributed by atoms with Gasteiger partial charge in [0.1, 0.15) is 11.4 Å². The molecule has 0 spiro atoms. The van der Waals surface area contributed by atoms with Crippen LogP contribution in [-0.4, -0.2) is 11.6 Å². The normalized spacial score (nSPS) is 11.1. The van der Waals surface area contributed by atoms with Crippen LogP contribution in [0.1, 0.15) is 24.4 Å². The molecular weight excluding hydrogens is 308 g/mol. The lowest BCUT2D eigenvalue weighted by atomic mass is 10.1. The van der Waals surface area contributed by atoms with Gasteiger partial charge < -0.3 is 14.9 Å². The number of nitrogens with two attached hydrogens (primary N) is 1. The molecule has 4 nitrogen and oxygen atoms in total. The lowest BCUT2D eigenvalue weighted by molar-refractivity contribution is 0.272. The van der Waals surface area contributed by atoms with Crippen molar-refractivity contribution in [3.8, 4) is 17.2 Å². The van der Waals surface area contributed by atoms with Crippen LogP contribution < -0.4 is 10.5 Å². The van der Waals surface area contributed by atoms with Gasteiger partial charge in [-0.1, -0.05) is 19.9 Å². The lowest BCUT2D eigenvalue weighted by Gasteiger charge is -2.11. The number of aromatic nitrogens is 1. The topological polar surface area (TPSA) is 61.3 Å². The Hall–Kier alpha value is -2.27. The van der Waals surface area contributed by atoms with Gasteiger partial charge in [0.15, 0.2) is 5.76 Å². The SMILES string of the molecule is CC(C)COc1ccc(Cc2nc(-c3ccco3)cs2)cc1N. The number of anilines is 1. The van der Waals surface area contributed by atoms with E-state index in [-0.39, 0.29) is 0 Å². The van der Waals surface area contributed by atoms with Gasteiger partial charge in [-0.05, 0) is 35.7 Å². The van der Waals surface area contributed by atoms with Gasteiger partial charge in [-0.3, -0.25) is 0 Å². The third-order valence-electron chi connectivity index (χ3n) is 3.33. The number of nitrogen functional groups attached to an aromatic ring is 1. The molecule has 0 aliphatic heterocycles. The predicted octanol–water partition coefficient (Wildman–Crippen LogP) is 4.61. The van der Waals surface area contributed by atoms with E-state index in [2.05, 4.69) is 18.8 Å². The molecule has 0 saturated carbocycles. The molecule has 0 radical (unpaired) electrons. The third-order valence-corrected chi connectivity index (χ3v) is 4.18. The molecule has 0 saturated heterocycles. The molecule has 0 aliphatic carbocycles. The molecule has 0 aliphatic rings. The molecule has 0 bridgehead atoms. The molecule has 2 heterocycles. The highest BCUT2D eigenvalue weighted by molar-refractivity contribution is 7.10. The Kier molecular flexibility index (Phi) is 4.67. The molecule has 0 unspecified atom stereocenters. The summed E-state index contributed by atoms with van der Waals surface area (Å²) in [5.74, 6) is 2.02. The summed E-state index contributed by atoms with van der Waals surface area (Å²) in [5, 5.41) is 3.05.